The number of nitrogens with zero attached hydrogens (tertiary/aromatic N) is 1. The Hall–Kier alpha value is -2.88. The van der Waals surface area contributed by atoms with Crippen molar-refractivity contribution in [1.29, 1.82) is 0 Å². The lowest BCUT2D eigenvalue weighted by Crippen LogP contribution is -2.30. The van der Waals surface area contributed by atoms with Crippen molar-refractivity contribution in [3.05, 3.63) is 77.5 Å². The minimum absolute atomic E-state index is 0.0324. The molecule has 0 aliphatic heterocycles. The van der Waals surface area contributed by atoms with Gasteiger partial charge in [0.05, 0.1) is 6.04 Å². The smallest absolute Gasteiger partial charge is 0.273 e. The number of aromatic nitrogens is 1. The van der Waals surface area contributed by atoms with Crippen molar-refractivity contribution < 1.29 is 9.32 Å². The van der Waals surface area contributed by atoms with Gasteiger partial charge in [0.15, 0.2) is 11.5 Å². The van der Waals surface area contributed by atoms with Gasteiger partial charge in [-0.2, -0.15) is 0 Å². The molecule has 1 saturated carbocycles. The lowest BCUT2D eigenvalue weighted by Gasteiger charge is -2.18. The van der Waals surface area contributed by atoms with Gasteiger partial charge in [0, 0.05) is 11.6 Å². The lowest BCUT2D eigenvalue weighted by atomic mass is 10.0. The van der Waals surface area contributed by atoms with Crippen LogP contribution >= 0.6 is 0 Å². The predicted octanol–water partition coefficient (Wildman–Crippen LogP) is 4.53. The number of hydrogen-bond acceptors (Lipinski definition) is 3. The molecule has 1 unspecified atom stereocenters. The van der Waals surface area contributed by atoms with Crippen molar-refractivity contribution in [2.45, 2.75) is 25.8 Å². The summed E-state index contributed by atoms with van der Waals surface area (Å²) < 4.78 is 5.34. The normalized spacial score (nSPS) is 14.9. The molecule has 126 valence electrons. The first-order valence-corrected chi connectivity index (χ1v) is 8.60. The molecule has 1 heterocycles. The second-order valence-corrected chi connectivity index (χ2v) is 6.64. The molecule has 0 bridgehead atoms. The highest BCUT2D eigenvalue weighted by Crippen LogP contribution is 2.41. The fourth-order valence-corrected chi connectivity index (χ4v) is 3.01. The molecule has 25 heavy (non-hydrogen) atoms. The number of benzene rings is 2. The Balaban J connectivity index is 1.52. The van der Waals surface area contributed by atoms with Crippen molar-refractivity contribution in [3.63, 3.8) is 0 Å². The summed E-state index contributed by atoms with van der Waals surface area (Å²) >= 11 is 0. The third-order valence-electron chi connectivity index (χ3n) is 4.62. The molecule has 1 aliphatic rings. The average Bonchev–Trinajstić information content (AvgIpc) is 3.36. The van der Waals surface area contributed by atoms with Gasteiger partial charge in [-0.1, -0.05) is 65.3 Å². The molecular formula is C21H20N2O2. The Morgan fingerprint density at radius 1 is 1.12 bits per heavy atom. The first kappa shape index (κ1) is 15.6. The van der Waals surface area contributed by atoms with Gasteiger partial charge in [-0.25, -0.2) is 0 Å². The highest BCUT2D eigenvalue weighted by Gasteiger charge is 2.34. The van der Waals surface area contributed by atoms with Crippen LogP contribution < -0.4 is 5.32 Å². The van der Waals surface area contributed by atoms with Crippen LogP contribution in [0.1, 0.15) is 40.5 Å². The summed E-state index contributed by atoms with van der Waals surface area (Å²) in [7, 11) is 0. The summed E-state index contributed by atoms with van der Waals surface area (Å²) in [5.41, 5.74) is 3.59. The lowest BCUT2D eigenvalue weighted by molar-refractivity contribution is 0.0922. The van der Waals surface area contributed by atoms with Gasteiger partial charge < -0.3 is 9.84 Å². The van der Waals surface area contributed by atoms with Crippen molar-refractivity contribution in [3.8, 4) is 11.3 Å². The average molecular weight is 332 g/mol. The molecule has 0 radical (unpaired) electrons. The summed E-state index contributed by atoms with van der Waals surface area (Å²) in [4.78, 5) is 12.6. The second-order valence-electron chi connectivity index (χ2n) is 6.64. The topological polar surface area (TPSA) is 55.1 Å². The van der Waals surface area contributed by atoms with Crippen molar-refractivity contribution in [2.75, 3.05) is 0 Å². The Morgan fingerprint density at radius 2 is 1.84 bits per heavy atom. The maximum absolute atomic E-state index is 12.6. The molecule has 4 rings (SSSR count). The van der Waals surface area contributed by atoms with Crippen LogP contribution in [0.25, 0.3) is 11.3 Å². The van der Waals surface area contributed by atoms with Gasteiger partial charge in [0.1, 0.15) is 0 Å². The number of carbonyl (C=O) groups excluding carboxylic acids is 1. The zero-order valence-electron chi connectivity index (χ0n) is 14.1. The van der Waals surface area contributed by atoms with Gasteiger partial charge in [0.2, 0.25) is 0 Å². The first-order chi connectivity index (χ1) is 12.2. The van der Waals surface area contributed by atoms with Crippen molar-refractivity contribution in [2.24, 2.45) is 5.92 Å². The Labute approximate surface area is 146 Å². The van der Waals surface area contributed by atoms with E-state index in [0.29, 0.717) is 17.4 Å². The van der Waals surface area contributed by atoms with Gasteiger partial charge in [-0.15, -0.1) is 0 Å². The number of rotatable bonds is 5. The van der Waals surface area contributed by atoms with Crippen LogP contribution in [0.5, 0.6) is 0 Å². The molecule has 1 N–H and O–H groups in total. The largest absolute Gasteiger partial charge is 0.355 e. The van der Waals surface area contributed by atoms with Gasteiger partial charge in [-0.05, 0) is 31.2 Å². The van der Waals surface area contributed by atoms with Gasteiger partial charge in [-0.3, -0.25) is 4.79 Å². The van der Waals surface area contributed by atoms with Crippen LogP contribution in [0.2, 0.25) is 0 Å². The number of amides is 1. The van der Waals surface area contributed by atoms with Crippen molar-refractivity contribution in [1.82, 2.24) is 10.5 Å². The maximum Gasteiger partial charge on any atom is 0.273 e. The van der Waals surface area contributed by atoms with E-state index >= 15 is 0 Å². The molecule has 4 heteroatoms. The van der Waals surface area contributed by atoms with Crippen LogP contribution in [0.15, 0.2) is 65.2 Å². The number of carbonyl (C=O) groups is 1. The summed E-state index contributed by atoms with van der Waals surface area (Å²) in [6.07, 6.45) is 2.29. The fraction of sp³-hybridized carbons (Fsp3) is 0.238. The molecule has 1 aromatic heterocycles. The Morgan fingerprint density at radius 3 is 2.52 bits per heavy atom. The summed E-state index contributed by atoms with van der Waals surface area (Å²) in [5, 5.41) is 7.08. The molecular weight excluding hydrogens is 312 g/mol. The van der Waals surface area contributed by atoms with E-state index in [1.54, 1.807) is 6.07 Å². The number of aryl methyl sites for hydroxylation is 1. The molecule has 0 saturated heterocycles. The minimum atomic E-state index is -0.191. The third-order valence-corrected chi connectivity index (χ3v) is 4.62. The molecule has 1 atom stereocenters. The molecule has 4 nitrogen and oxygen atoms in total. The second kappa shape index (κ2) is 6.55. The van der Waals surface area contributed by atoms with Crippen LogP contribution in [0.3, 0.4) is 0 Å². The minimum Gasteiger partial charge on any atom is -0.355 e. The van der Waals surface area contributed by atoms with Crippen LogP contribution in [-0.4, -0.2) is 11.1 Å². The monoisotopic (exact) mass is 332 g/mol. The quantitative estimate of drug-likeness (QED) is 0.747. The Bertz CT molecular complexity index is 864. The molecule has 1 aliphatic carbocycles. The predicted molar refractivity (Wildman–Crippen MR) is 96.0 cm³/mol. The van der Waals surface area contributed by atoms with Crippen molar-refractivity contribution >= 4 is 5.91 Å². The summed E-state index contributed by atoms with van der Waals surface area (Å²) in [6, 6.07) is 19.7. The molecule has 1 fully saturated rings. The third kappa shape index (κ3) is 3.48. The number of nitrogens with one attached hydrogen (secondary N) is 1. The zero-order valence-corrected chi connectivity index (χ0v) is 14.1. The van der Waals surface area contributed by atoms with E-state index in [4.69, 9.17) is 4.52 Å². The molecule has 3 aromatic rings. The van der Waals surface area contributed by atoms with Gasteiger partial charge in [0.25, 0.3) is 5.91 Å². The van der Waals surface area contributed by atoms with Gasteiger partial charge >= 0.3 is 0 Å². The molecule has 2 aromatic carbocycles. The highest BCUT2D eigenvalue weighted by atomic mass is 16.5. The molecule has 0 spiro atoms. The first-order valence-electron chi connectivity index (χ1n) is 8.60. The SMILES string of the molecule is Cc1ccc(C(NC(=O)c2cc(-c3ccccc3)on2)C2CC2)cc1. The zero-order chi connectivity index (χ0) is 17.2. The standard InChI is InChI=1S/C21H20N2O2/c1-14-7-9-16(10-8-14)20(17-11-12-17)22-21(24)18-13-19(25-23-18)15-5-3-2-4-6-15/h2-10,13,17,20H,11-12H2,1H3,(H,22,24). The van der Waals surface area contributed by atoms with E-state index in [9.17, 15) is 4.79 Å². The van der Waals surface area contributed by atoms with E-state index < -0.39 is 0 Å². The highest BCUT2D eigenvalue weighted by molar-refractivity contribution is 5.93. The summed E-state index contributed by atoms with van der Waals surface area (Å²) in [5.74, 6) is 0.916. The van der Waals surface area contributed by atoms with E-state index in [1.165, 1.54) is 5.56 Å². The maximum atomic E-state index is 12.6. The summed E-state index contributed by atoms with van der Waals surface area (Å²) in [6.45, 7) is 2.06. The van der Waals surface area contributed by atoms with E-state index in [1.807, 2.05) is 30.3 Å². The van der Waals surface area contributed by atoms with E-state index in [-0.39, 0.29) is 11.9 Å². The van der Waals surface area contributed by atoms with E-state index in [2.05, 4.69) is 41.7 Å². The Kier molecular flexibility index (Phi) is 4.10. The van der Waals surface area contributed by atoms with E-state index in [0.717, 1.165) is 24.0 Å². The fourth-order valence-electron chi connectivity index (χ4n) is 3.01. The number of hydrogen-bond donors (Lipinski definition) is 1. The van der Waals surface area contributed by atoms with Crippen LogP contribution in [0, 0.1) is 12.8 Å². The van der Waals surface area contributed by atoms with Crippen LogP contribution in [0.4, 0.5) is 0 Å². The van der Waals surface area contributed by atoms with Crippen LogP contribution in [-0.2, 0) is 0 Å². The molecule has 1 amide bonds.